The van der Waals surface area contributed by atoms with E-state index in [9.17, 15) is 29.7 Å². The number of carboxylic acid groups (broad SMARTS) is 3. The van der Waals surface area contributed by atoms with Gasteiger partial charge in [0.1, 0.15) is 0 Å². The van der Waals surface area contributed by atoms with Gasteiger partial charge in [0.2, 0.25) is 0 Å². The molecule has 0 saturated carbocycles. The fourth-order valence-electron chi connectivity index (χ4n) is 4.13. The van der Waals surface area contributed by atoms with Crippen molar-refractivity contribution in [1.82, 2.24) is 0 Å². The molecule has 0 heterocycles. The van der Waals surface area contributed by atoms with Crippen LogP contribution in [0.15, 0.2) is 0 Å². The molecule has 0 aromatic carbocycles. The van der Waals surface area contributed by atoms with Gasteiger partial charge in [0, 0.05) is 45.8 Å². The summed E-state index contributed by atoms with van der Waals surface area (Å²) in [7, 11) is 0. The van der Waals surface area contributed by atoms with Crippen molar-refractivity contribution in [2.45, 2.75) is 80.0 Å². The normalized spacial score (nSPS) is 16.5. The van der Waals surface area contributed by atoms with E-state index in [0.717, 1.165) is 0 Å². The van der Waals surface area contributed by atoms with Crippen LogP contribution in [0, 0.1) is 10.8 Å². The number of hydrogen-bond donors (Lipinski definition) is 9. The van der Waals surface area contributed by atoms with Gasteiger partial charge in [0.25, 0.3) is 0 Å². The van der Waals surface area contributed by atoms with Crippen molar-refractivity contribution in [3.8, 4) is 0 Å². The van der Waals surface area contributed by atoms with Crippen molar-refractivity contribution in [3.63, 3.8) is 0 Å². The second-order valence-corrected chi connectivity index (χ2v) is 10.5. The second kappa shape index (κ2) is 16.1. The van der Waals surface area contributed by atoms with Crippen LogP contribution in [0.25, 0.3) is 0 Å². The van der Waals surface area contributed by atoms with Gasteiger partial charge in [-0.05, 0) is 44.9 Å². The molecule has 0 rings (SSSR count). The first-order valence-corrected chi connectivity index (χ1v) is 12.5. The Kier molecular flexibility index (Phi) is 15.8. The molecule has 0 aromatic rings. The summed E-state index contributed by atoms with van der Waals surface area (Å²) in [6.07, 6.45) is 1.63. The van der Waals surface area contributed by atoms with Gasteiger partial charge in [0.15, 0.2) is 0 Å². The third-order valence-corrected chi connectivity index (χ3v) is 8.37. The lowest BCUT2D eigenvalue weighted by Gasteiger charge is -2.51. The summed E-state index contributed by atoms with van der Waals surface area (Å²) < 4.78 is 0. The van der Waals surface area contributed by atoms with E-state index in [4.69, 9.17) is 53.2 Å². The second-order valence-electron chi connectivity index (χ2n) is 8.67. The van der Waals surface area contributed by atoms with E-state index < -0.39 is 64.3 Å². The lowest BCUT2D eigenvalue weighted by Crippen LogP contribution is -2.53. The van der Waals surface area contributed by atoms with E-state index in [2.05, 4.69) is 0 Å². The first-order chi connectivity index (χ1) is 15.4. The number of rotatable bonds is 20. The molecule has 0 radical (unpaired) electrons. The van der Waals surface area contributed by atoms with Crippen molar-refractivity contribution in [2.75, 3.05) is 19.8 Å². The molecule has 0 amide bonds. The molecule has 6 N–H and O–H groups in total. The van der Waals surface area contributed by atoms with Crippen LogP contribution in [0.3, 0.4) is 0 Å². The number of aliphatic hydroxyl groups is 3. The van der Waals surface area contributed by atoms with Gasteiger partial charge in [-0.15, -0.1) is 0 Å². The summed E-state index contributed by atoms with van der Waals surface area (Å²) in [6, 6.07) is 0. The van der Waals surface area contributed by atoms with Gasteiger partial charge in [-0.1, -0.05) is 0 Å². The Morgan fingerprint density at radius 3 is 1.09 bits per heavy atom. The van der Waals surface area contributed by atoms with Gasteiger partial charge < -0.3 is 30.6 Å². The maximum absolute atomic E-state index is 11.0. The van der Waals surface area contributed by atoms with Crippen LogP contribution < -0.4 is 0 Å². The van der Waals surface area contributed by atoms with E-state index in [0.29, 0.717) is 38.5 Å². The van der Waals surface area contributed by atoms with Gasteiger partial charge in [-0.25, -0.2) is 0 Å². The topological polar surface area (TPSA) is 173 Å². The highest BCUT2D eigenvalue weighted by Crippen LogP contribution is 2.52. The molecule has 0 bridgehead atoms. The molecule has 0 spiro atoms. The molecule has 3 atom stereocenters. The van der Waals surface area contributed by atoms with Crippen LogP contribution in [0.1, 0.15) is 64.2 Å². The number of carbonyl (C=O) groups is 3. The van der Waals surface area contributed by atoms with Crippen molar-refractivity contribution in [3.05, 3.63) is 0 Å². The summed E-state index contributed by atoms with van der Waals surface area (Å²) in [5.41, 5.74) is -2.30. The quantitative estimate of drug-likeness (QED) is 0.107. The predicted molar refractivity (Wildman–Crippen MR) is 134 cm³/mol. The minimum Gasteiger partial charge on any atom is -0.481 e. The Hall–Kier alpha value is -0.660. The number of aliphatic carboxylic acids is 3. The third-order valence-electron chi connectivity index (χ3n) is 6.15. The Morgan fingerprint density at radius 2 is 0.879 bits per heavy atom. The van der Waals surface area contributed by atoms with E-state index >= 15 is 0 Å². The van der Waals surface area contributed by atoms with Crippen LogP contribution in [-0.4, -0.2) is 84.1 Å². The lowest BCUT2D eigenvalue weighted by molar-refractivity contribution is -0.138. The molecular weight excluding hydrogens is 492 g/mol. The average Bonchev–Trinajstić information content (AvgIpc) is 2.74. The SMILES string of the molecule is O=C(O)CCCC(S)C(CC(CO)(CO)CO)(C(S)CCCC(=O)O)C(S)CCCC(=O)O. The summed E-state index contributed by atoms with van der Waals surface area (Å²) in [4.78, 5) is 33.0. The molecule has 0 aliphatic heterocycles. The van der Waals surface area contributed by atoms with Gasteiger partial charge in [0.05, 0.1) is 19.8 Å². The van der Waals surface area contributed by atoms with Gasteiger partial charge in [-0.3, -0.25) is 14.4 Å². The zero-order chi connectivity index (χ0) is 25.7. The number of hydrogen-bond acceptors (Lipinski definition) is 9. The van der Waals surface area contributed by atoms with Crippen LogP contribution in [0.4, 0.5) is 0 Å². The molecule has 0 fully saturated rings. The highest BCUT2D eigenvalue weighted by Gasteiger charge is 2.51. The van der Waals surface area contributed by atoms with Crippen molar-refractivity contribution in [2.24, 2.45) is 10.8 Å². The minimum absolute atomic E-state index is 0.0349. The maximum atomic E-state index is 11.0. The summed E-state index contributed by atoms with van der Waals surface area (Å²) >= 11 is 14.3. The van der Waals surface area contributed by atoms with Crippen LogP contribution in [0.5, 0.6) is 0 Å². The van der Waals surface area contributed by atoms with Crippen LogP contribution in [0.2, 0.25) is 0 Å². The Balaban J connectivity index is 6.23. The molecule has 0 aliphatic carbocycles. The fourth-order valence-corrected chi connectivity index (χ4v) is 6.39. The Bertz CT molecular complexity index is 541. The van der Waals surface area contributed by atoms with E-state index in [1.807, 2.05) is 0 Å². The van der Waals surface area contributed by atoms with Crippen LogP contribution in [-0.2, 0) is 14.4 Å². The number of carboxylic acids is 3. The number of aliphatic hydroxyl groups excluding tert-OH is 3. The number of thiol groups is 3. The predicted octanol–water partition coefficient (Wildman–Crippen LogP) is 1.99. The fraction of sp³-hybridized carbons (Fsp3) is 0.857. The monoisotopic (exact) mass is 530 g/mol. The zero-order valence-electron chi connectivity index (χ0n) is 18.7. The third kappa shape index (κ3) is 10.6. The molecule has 194 valence electrons. The largest absolute Gasteiger partial charge is 0.481 e. The molecule has 0 saturated heterocycles. The smallest absolute Gasteiger partial charge is 0.303 e. The van der Waals surface area contributed by atoms with Crippen molar-refractivity contribution < 1.29 is 45.0 Å². The lowest BCUT2D eigenvalue weighted by atomic mass is 9.63. The van der Waals surface area contributed by atoms with E-state index in [1.54, 1.807) is 0 Å². The first kappa shape index (κ1) is 32.3. The molecule has 12 heteroatoms. The Labute approximate surface area is 211 Å². The highest BCUT2D eigenvalue weighted by atomic mass is 32.1. The standard InChI is InChI=1S/C21H38O9S3/c22-11-20(12-23,13-24)10-21(14(31)4-1-7-17(25)26,15(32)5-2-8-18(27)28)16(33)6-3-9-19(29)30/h14-16,22-24,31-33H,1-13H2,(H,25,26)(H,27,28)(H,29,30). The molecule has 3 unspecified atom stereocenters. The van der Waals surface area contributed by atoms with Gasteiger partial charge >= 0.3 is 17.9 Å². The first-order valence-electron chi connectivity index (χ1n) is 10.9. The molecule has 0 aromatic heterocycles. The maximum Gasteiger partial charge on any atom is 0.303 e. The molecule has 0 aliphatic rings. The zero-order valence-corrected chi connectivity index (χ0v) is 21.4. The molecule has 33 heavy (non-hydrogen) atoms. The summed E-state index contributed by atoms with van der Waals surface area (Å²) in [5, 5.41) is 55.5. The van der Waals surface area contributed by atoms with Crippen molar-refractivity contribution >= 4 is 55.8 Å². The average molecular weight is 531 g/mol. The van der Waals surface area contributed by atoms with Crippen LogP contribution >= 0.6 is 37.9 Å². The summed E-state index contributed by atoms with van der Waals surface area (Å²) in [5.74, 6) is -2.90. The minimum atomic E-state index is -1.31. The van der Waals surface area contributed by atoms with Crippen molar-refractivity contribution in [1.29, 1.82) is 0 Å². The molecule has 9 nitrogen and oxygen atoms in total. The van der Waals surface area contributed by atoms with Gasteiger partial charge in [-0.2, -0.15) is 37.9 Å². The molecular formula is C21H38O9S3. The van der Waals surface area contributed by atoms with E-state index in [1.165, 1.54) is 0 Å². The van der Waals surface area contributed by atoms with E-state index in [-0.39, 0.29) is 25.7 Å². The summed E-state index contributed by atoms with van der Waals surface area (Å²) in [6.45, 7) is -1.62. The highest BCUT2D eigenvalue weighted by molar-refractivity contribution is 7.83. The Morgan fingerprint density at radius 1 is 0.606 bits per heavy atom.